The summed E-state index contributed by atoms with van der Waals surface area (Å²) in [6.07, 6.45) is 0.938. The van der Waals surface area contributed by atoms with Gasteiger partial charge in [-0.15, -0.1) is 0 Å². The molecule has 3 nitrogen and oxygen atoms in total. The number of carbonyl (C=O) groups is 1. The normalized spacial score (nSPS) is 18.8. The molecule has 1 N–H and O–H groups in total. The summed E-state index contributed by atoms with van der Waals surface area (Å²) >= 11 is 0. The first kappa shape index (κ1) is 13.0. The van der Waals surface area contributed by atoms with E-state index in [0.717, 1.165) is 18.2 Å². The maximum atomic E-state index is 13.0. The number of halogens is 2. The average Bonchev–Trinajstić information content (AvgIpc) is 2.27. The highest BCUT2D eigenvalue weighted by Crippen LogP contribution is 2.22. The molecule has 0 radical (unpaired) electrons. The number of nitrogens with zero attached hydrogens (tertiary/aromatic N) is 1. The molecule has 1 fully saturated rings. The van der Waals surface area contributed by atoms with Gasteiger partial charge in [-0.25, -0.2) is 8.78 Å². The summed E-state index contributed by atoms with van der Waals surface area (Å²) < 4.78 is 26.1. The van der Waals surface area contributed by atoms with Gasteiger partial charge in [0.25, 0.3) is 5.91 Å². The maximum absolute atomic E-state index is 13.0. The largest absolute Gasteiger partial charge is 0.390 e. The van der Waals surface area contributed by atoms with Gasteiger partial charge in [-0.3, -0.25) is 4.79 Å². The molecule has 1 aromatic rings. The van der Waals surface area contributed by atoms with E-state index in [1.165, 1.54) is 4.90 Å². The third-order valence-corrected chi connectivity index (χ3v) is 3.24. The van der Waals surface area contributed by atoms with Crippen LogP contribution in [0.15, 0.2) is 18.2 Å². The van der Waals surface area contributed by atoms with Gasteiger partial charge in [0, 0.05) is 24.7 Å². The van der Waals surface area contributed by atoms with Crippen LogP contribution in [0.25, 0.3) is 0 Å². The molecule has 1 saturated heterocycles. The average molecular weight is 255 g/mol. The number of piperidine rings is 1. The molecule has 1 heterocycles. The fourth-order valence-electron chi connectivity index (χ4n) is 2.05. The molecule has 1 aliphatic heterocycles. The Kier molecular flexibility index (Phi) is 3.34. The number of amides is 1. The Bertz CT molecular complexity index is 444. The van der Waals surface area contributed by atoms with Gasteiger partial charge >= 0.3 is 0 Å². The first-order valence-corrected chi connectivity index (χ1v) is 5.85. The Balaban J connectivity index is 2.12. The number of hydrogen-bond acceptors (Lipinski definition) is 2. The fourth-order valence-corrected chi connectivity index (χ4v) is 2.05. The van der Waals surface area contributed by atoms with Crippen LogP contribution in [0.5, 0.6) is 0 Å². The molecule has 0 unspecified atom stereocenters. The van der Waals surface area contributed by atoms with Crippen molar-refractivity contribution in [3.8, 4) is 0 Å². The number of rotatable bonds is 1. The third kappa shape index (κ3) is 2.85. The van der Waals surface area contributed by atoms with Crippen molar-refractivity contribution in [3.05, 3.63) is 35.4 Å². The van der Waals surface area contributed by atoms with E-state index in [2.05, 4.69) is 0 Å². The first-order chi connectivity index (χ1) is 8.37. The molecule has 1 amide bonds. The minimum Gasteiger partial charge on any atom is -0.390 e. The lowest BCUT2D eigenvalue weighted by atomic mass is 9.93. The Morgan fingerprint density at radius 2 is 1.72 bits per heavy atom. The summed E-state index contributed by atoms with van der Waals surface area (Å²) in [5.74, 6) is -1.92. The monoisotopic (exact) mass is 255 g/mol. The van der Waals surface area contributed by atoms with Crippen LogP contribution in [-0.4, -0.2) is 34.6 Å². The van der Waals surface area contributed by atoms with Crippen molar-refractivity contribution in [1.82, 2.24) is 4.90 Å². The molecule has 0 atom stereocenters. The zero-order valence-corrected chi connectivity index (χ0v) is 10.1. The molecule has 98 valence electrons. The van der Waals surface area contributed by atoms with Crippen LogP contribution in [0.3, 0.4) is 0 Å². The molecular weight excluding hydrogens is 240 g/mol. The zero-order valence-electron chi connectivity index (χ0n) is 10.1. The quantitative estimate of drug-likeness (QED) is 0.833. The van der Waals surface area contributed by atoms with Crippen molar-refractivity contribution in [2.24, 2.45) is 0 Å². The Morgan fingerprint density at radius 1 is 1.22 bits per heavy atom. The molecule has 1 aliphatic rings. The van der Waals surface area contributed by atoms with E-state index in [9.17, 15) is 18.7 Å². The van der Waals surface area contributed by atoms with Crippen LogP contribution in [0.1, 0.15) is 30.1 Å². The van der Waals surface area contributed by atoms with E-state index in [0.29, 0.717) is 25.9 Å². The summed E-state index contributed by atoms with van der Waals surface area (Å²) in [6.45, 7) is 2.50. The lowest BCUT2D eigenvalue weighted by Crippen LogP contribution is -2.45. The molecule has 18 heavy (non-hydrogen) atoms. The Labute approximate surface area is 104 Å². The van der Waals surface area contributed by atoms with Crippen LogP contribution >= 0.6 is 0 Å². The second kappa shape index (κ2) is 4.65. The lowest BCUT2D eigenvalue weighted by Gasteiger charge is -2.35. The summed E-state index contributed by atoms with van der Waals surface area (Å²) in [5.41, 5.74) is -0.752. The highest BCUT2D eigenvalue weighted by atomic mass is 19.1. The molecule has 5 heteroatoms. The standard InChI is InChI=1S/C13H15F2NO2/c1-13(18)2-4-16(5-3-13)12(17)9-6-10(14)8-11(15)7-9/h6-8,18H,2-5H2,1H3. The fraction of sp³-hybridized carbons (Fsp3) is 0.462. The van der Waals surface area contributed by atoms with Crippen molar-refractivity contribution in [3.63, 3.8) is 0 Å². The smallest absolute Gasteiger partial charge is 0.254 e. The number of likely N-dealkylation sites (tertiary alicyclic amines) is 1. The van der Waals surface area contributed by atoms with E-state index >= 15 is 0 Å². The van der Waals surface area contributed by atoms with Crippen molar-refractivity contribution < 1.29 is 18.7 Å². The van der Waals surface area contributed by atoms with Crippen molar-refractivity contribution in [1.29, 1.82) is 0 Å². The van der Waals surface area contributed by atoms with Crippen LogP contribution < -0.4 is 0 Å². The summed E-state index contributed by atoms with van der Waals surface area (Å²) in [4.78, 5) is 13.5. The van der Waals surface area contributed by atoms with E-state index in [1.807, 2.05) is 0 Å². The van der Waals surface area contributed by atoms with Crippen LogP contribution in [-0.2, 0) is 0 Å². The molecule has 0 aliphatic carbocycles. The number of aliphatic hydroxyl groups is 1. The van der Waals surface area contributed by atoms with Gasteiger partial charge in [0.2, 0.25) is 0 Å². The van der Waals surface area contributed by atoms with Crippen molar-refractivity contribution >= 4 is 5.91 Å². The highest BCUT2D eigenvalue weighted by Gasteiger charge is 2.30. The van der Waals surface area contributed by atoms with Crippen molar-refractivity contribution in [2.75, 3.05) is 13.1 Å². The Morgan fingerprint density at radius 3 is 2.22 bits per heavy atom. The molecule has 1 aromatic carbocycles. The third-order valence-electron chi connectivity index (χ3n) is 3.24. The Hall–Kier alpha value is -1.49. The number of benzene rings is 1. The van der Waals surface area contributed by atoms with Gasteiger partial charge in [0.15, 0.2) is 0 Å². The number of carbonyl (C=O) groups excluding carboxylic acids is 1. The molecular formula is C13H15F2NO2. The van der Waals surface area contributed by atoms with Crippen LogP contribution in [0.2, 0.25) is 0 Å². The van der Waals surface area contributed by atoms with E-state index in [4.69, 9.17) is 0 Å². The predicted octanol–water partition coefficient (Wildman–Crippen LogP) is 1.95. The van der Waals surface area contributed by atoms with Gasteiger partial charge in [-0.1, -0.05) is 0 Å². The summed E-state index contributed by atoms with van der Waals surface area (Å²) in [6, 6.07) is 2.79. The van der Waals surface area contributed by atoms with Gasteiger partial charge in [-0.05, 0) is 31.9 Å². The van der Waals surface area contributed by atoms with E-state index < -0.39 is 23.1 Å². The van der Waals surface area contributed by atoms with Gasteiger partial charge in [0.1, 0.15) is 11.6 Å². The predicted molar refractivity (Wildman–Crippen MR) is 62.1 cm³/mol. The van der Waals surface area contributed by atoms with Crippen LogP contribution in [0.4, 0.5) is 8.78 Å². The lowest BCUT2D eigenvalue weighted by molar-refractivity contribution is -0.00205. The second-order valence-corrected chi connectivity index (χ2v) is 4.95. The van der Waals surface area contributed by atoms with E-state index in [1.54, 1.807) is 6.92 Å². The minimum atomic E-state index is -0.762. The van der Waals surface area contributed by atoms with Gasteiger partial charge < -0.3 is 10.0 Å². The second-order valence-electron chi connectivity index (χ2n) is 4.95. The highest BCUT2D eigenvalue weighted by molar-refractivity contribution is 5.94. The molecule has 0 bridgehead atoms. The van der Waals surface area contributed by atoms with Gasteiger partial charge in [-0.2, -0.15) is 0 Å². The summed E-state index contributed by atoms with van der Waals surface area (Å²) in [5, 5.41) is 9.77. The van der Waals surface area contributed by atoms with E-state index in [-0.39, 0.29) is 5.56 Å². The number of hydrogen-bond donors (Lipinski definition) is 1. The SMILES string of the molecule is CC1(O)CCN(C(=O)c2cc(F)cc(F)c2)CC1. The minimum absolute atomic E-state index is 0.00837. The molecule has 0 spiro atoms. The zero-order chi connectivity index (χ0) is 13.3. The van der Waals surface area contributed by atoms with Crippen LogP contribution in [0, 0.1) is 11.6 Å². The molecule has 2 rings (SSSR count). The van der Waals surface area contributed by atoms with Gasteiger partial charge in [0.05, 0.1) is 5.60 Å². The summed E-state index contributed by atoms with van der Waals surface area (Å²) in [7, 11) is 0. The topological polar surface area (TPSA) is 40.5 Å². The maximum Gasteiger partial charge on any atom is 0.254 e. The first-order valence-electron chi connectivity index (χ1n) is 5.85. The molecule has 0 saturated carbocycles. The molecule has 0 aromatic heterocycles. The van der Waals surface area contributed by atoms with Crippen molar-refractivity contribution in [2.45, 2.75) is 25.4 Å².